The van der Waals surface area contributed by atoms with Gasteiger partial charge >= 0.3 is 5.97 Å². The molecule has 3 aromatic rings. The van der Waals surface area contributed by atoms with E-state index in [0.29, 0.717) is 23.6 Å². The summed E-state index contributed by atoms with van der Waals surface area (Å²) < 4.78 is 34.2. The number of pyridine rings is 1. The summed E-state index contributed by atoms with van der Waals surface area (Å²) in [5.41, 5.74) is 0.993. The zero-order valence-electron chi connectivity index (χ0n) is 18.8. The van der Waals surface area contributed by atoms with Crippen molar-refractivity contribution in [1.29, 1.82) is 0 Å². The Hall–Kier alpha value is -3.59. The molecule has 0 radical (unpaired) electrons. The second kappa shape index (κ2) is 12.6. The lowest BCUT2D eigenvalue weighted by molar-refractivity contribution is -0.136. The molecule has 0 unspecified atom stereocenters. The molecular formula is C25H29N3O5S. The number of sulfonamides is 1. The molecule has 0 aliphatic carbocycles. The number of benzene rings is 2. The minimum absolute atomic E-state index is 0.0811. The van der Waals surface area contributed by atoms with Crippen LogP contribution in [-0.4, -0.2) is 37.6 Å². The molecule has 0 saturated heterocycles. The van der Waals surface area contributed by atoms with Crippen molar-refractivity contribution in [3.05, 3.63) is 78.5 Å². The van der Waals surface area contributed by atoms with E-state index >= 15 is 0 Å². The fraction of sp³-hybridized carbons (Fsp3) is 0.280. The largest absolute Gasteiger partial charge is 0.494 e. The van der Waals surface area contributed by atoms with Crippen molar-refractivity contribution in [3.8, 4) is 5.75 Å². The maximum absolute atomic E-state index is 12.9. The van der Waals surface area contributed by atoms with Gasteiger partial charge in [0.25, 0.3) is 10.0 Å². The average molecular weight is 484 g/mol. The Morgan fingerprint density at radius 2 is 1.79 bits per heavy atom. The fourth-order valence-corrected chi connectivity index (χ4v) is 4.43. The van der Waals surface area contributed by atoms with Gasteiger partial charge in [-0.05, 0) is 61.6 Å². The zero-order chi connectivity index (χ0) is 24.2. The number of aromatic nitrogens is 1. The highest BCUT2D eigenvalue weighted by Gasteiger charge is 2.17. The molecule has 0 amide bonds. The summed E-state index contributed by atoms with van der Waals surface area (Å²) in [5.74, 6) is 0.399. The van der Waals surface area contributed by atoms with Crippen molar-refractivity contribution in [2.45, 2.75) is 37.0 Å². The number of nitrogens with zero attached hydrogens (tertiary/aromatic N) is 1. The first-order valence-electron chi connectivity index (χ1n) is 11.1. The molecule has 2 aromatic carbocycles. The van der Waals surface area contributed by atoms with Gasteiger partial charge in [-0.2, -0.15) is 0 Å². The van der Waals surface area contributed by atoms with Gasteiger partial charge in [-0.1, -0.05) is 30.3 Å². The second-order valence-electron chi connectivity index (χ2n) is 7.68. The molecule has 0 bridgehead atoms. The van der Waals surface area contributed by atoms with Gasteiger partial charge in [0.1, 0.15) is 11.6 Å². The predicted octanol–water partition coefficient (Wildman–Crippen LogP) is 4.56. The number of para-hydroxylation sites is 1. The number of unbranched alkanes of at least 4 members (excludes halogenated alkanes) is 2. The molecule has 9 heteroatoms. The summed E-state index contributed by atoms with van der Waals surface area (Å²) in [6.45, 7) is 1.31. The van der Waals surface area contributed by atoms with Crippen LogP contribution in [0.3, 0.4) is 0 Å². The van der Waals surface area contributed by atoms with Gasteiger partial charge in [0.2, 0.25) is 0 Å². The molecule has 34 heavy (non-hydrogen) atoms. The average Bonchev–Trinajstić information content (AvgIpc) is 2.83. The summed E-state index contributed by atoms with van der Waals surface area (Å²) in [5, 5.41) is 12.2. The van der Waals surface area contributed by atoms with Crippen molar-refractivity contribution < 1.29 is 23.1 Å². The molecule has 3 N–H and O–H groups in total. The van der Waals surface area contributed by atoms with Crippen molar-refractivity contribution in [2.24, 2.45) is 0 Å². The smallest absolute Gasteiger partial charge is 0.303 e. The van der Waals surface area contributed by atoms with Crippen LogP contribution in [0.2, 0.25) is 0 Å². The summed E-state index contributed by atoms with van der Waals surface area (Å²) in [6, 6.07) is 18.9. The number of aryl methyl sites for hydroxylation is 1. The van der Waals surface area contributed by atoms with Crippen molar-refractivity contribution >= 4 is 27.5 Å². The van der Waals surface area contributed by atoms with Crippen LogP contribution in [-0.2, 0) is 21.2 Å². The highest BCUT2D eigenvalue weighted by Crippen LogP contribution is 2.24. The Morgan fingerprint density at radius 1 is 0.971 bits per heavy atom. The van der Waals surface area contributed by atoms with Crippen LogP contribution in [0.25, 0.3) is 0 Å². The maximum Gasteiger partial charge on any atom is 0.303 e. The van der Waals surface area contributed by atoms with Crippen LogP contribution >= 0.6 is 0 Å². The molecule has 8 nitrogen and oxygen atoms in total. The number of aliphatic carboxylic acids is 1. The Balaban J connectivity index is 1.49. The van der Waals surface area contributed by atoms with Crippen LogP contribution in [0.1, 0.15) is 31.2 Å². The minimum atomic E-state index is -3.86. The van der Waals surface area contributed by atoms with Crippen molar-refractivity contribution in [3.63, 3.8) is 0 Å². The number of hydrogen-bond donors (Lipinski definition) is 3. The third-order valence-electron chi connectivity index (χ3n) is 5.05. The van der Waals surface area contributed by atoms with Crippen molar-refractivity contribution in [2.75, 3.05) is 23.2 Å². The van der Waals surface area contributed by atoms with E-state index < -0.39 is 16.0 Å². The molecule has 0 spiro atoms. The van der Waals surface area contributed by atoms with E-state index in [1.807, 2.05) is 18.2 Å². The maximum atomic E-state index is 12.9. The van der Waals surface area contributed by atoms with Gasteiger partial charge in [-0.25, -0.2) is 13.4 Å². The number of carbonyl (C=O) groups is 1. The molecule has 0 saturated carbocycles. The number of anilines is 2. The van der Waals surface area contributed by atoms with Gasteiger partial charge < -0.3 is 15.2 Å². The van der Waals surface area contributed by atoms with E-state index in [4.69, 9.17) is 9.84 Å². The summed E-state index contributed by atoms with van der Waals surface area (Å²) in [4.78, 5) is 15.2. The lowest BCUT2D eigenvalue weighted by Crippen LogP contribution is -2.14. The summed E-state index contributed by atoms with van der Waals surface area (Å²) in [7, 11) is -3.86. The topological polar surface area (TPSA) is 118 Å². The van der Waals surface area contributed by atoms with Gasteiger partial charge in [-0.15, -0.1) is 0 Å². The Morgan fingerprint density at radius 3 is 2.59 bits per heavy atom. The standard InChI is InChI=1S/C25H29N3O5S/c29-25(30)15-14-20-9-2-3-12-23(20)28-34(31,32)22-11-8-10-21(19-22)33-18-7-1-5-16-26-24-13-4-6-17-27-24/h2-4,6,8-13,17,19,28H,1,5,7,14-16,18H2,(H,26,27)(H,29,30). The first kappa shape index (κ1) is 25.0. The Labute approximate surface area is 200 Å². The monoisotopic (exact) mass is 483 g/mol. The molecular weight excluding hydrogens is 454 g/mol. The van der Waals surface area contributed by atoms with Gasteiger partial charge in [0, 0.05) is 25.2 Å². The lowest BCUT2D eigenvalue weighted by Gasteiger charge is -2.13. The van der Waals surface area contributed by atoms with Crippen LogP contribution in [0, 0.1) is 0 Å². The van der Waals surface area contributed by atoms with Gasteiger partial charge in [-0.3, -0.25) is 9.52 Å². The van der Waals surface area contributed by atoms with Gasteiger partial charge in [0.05, 0.1) is 17.2 Å². The van der Waals surface area contributed by atoms with Crippen LogP contribution < -0.4 is 14.8 Å². The molecule has 0 aliphatic heterocycles. The van der Waals surface area contributed by atoms with Crippen LogP contribution in [0.15, 0.2) is 77.8 Å². The Kier molecular flexibility index (Phi) is 9.28. The van der Waals surface area contributed by atoms with E-state index in [0.717, 1.165) is 31.6 Å². The van der Waals surface area contributed by atoms with E-state index in [2.05, 4.69) is 15.0 Å². The number of ether oxygens (including phenoxy) is 1. The van der Waals surface area contributed by atoms with Crippen LogP contribution in [0.5, 0.6) is 5.75 Å². The number of carboxylic acids is 1. The van der Waals surface area contributed by atoms with E-state index in [1.54, 1.807) is 42.6 Å². The van der Waals surface area contributed by atoms with Crippen molar-refractivity contribution in [1.82, 2.24) is 4.98 Å². The summed E-state index contributed by atoms with van der Waals surface area (Å²) in [6.07, 6.45) is 4.68. The minimum Gasteiger partial charge on any atom is -0.494 e. The first-order valence-corrected chi connectivity index (χ1v) is 12.6. The third kappa shape index (κ3) is 8.08. The highest BCUT2D eigenvalue weighted by atomic mass is 32.2. The summed E-state index contributed by atoms with van der Waals surface area (Å²) >= 11 is 0. The Bertz CT molecular complexity index is 1170. The first-order chi connectivity index (χ1) is 16.4. The van der Waals surface area contributed by atoms with E-state index in [-0.39, 0.29) is 17.7 Å². The molecule has 1 heterocycles. The number of nitrogens with one attached hydrogen (secondary N) is 2. The normalized spacial score (nSPS) is 11.1. The molecule has 3 rings (SSSR count). The lowest BCUT2D eigenvalue weighted by atomic mass is 10.1. The molecule has 180 valence electrons. The molecule has 0 fully saturated rings. The molecule has 0 atom stereocenters. The zero-order valence-corrected chi connectivity index (χ0v) is 19.6. The van der Waals surface area contributed by atoms with Crippen LogP contribution in [0.4, 0.5) is 11.5 Å². The third-order valence-corrected chi connectivity index (χ3v) is 6.41. The predicted molar refractivity (Wildman–Crippen MR) is 132 cm³/mol. The van der Waals surface area contributed by atoms with E-state index in [9.17, 15) is 13.2 Å². The second-order valence-corrected chi connectivity index (χ2v) is 9.36. The quantitative estimate of drug-likeness (QED) is 0.288. The molecule has 1 aromatic heterocycles. The number of rotatable bonds is 14. The SMILES string of the molecule is O=C(O)CCc1ccccc1NS(=O)(=O)c1cccc(OCCCCCNc2ccccn2)c1. The van der Waals surface area contributed by atoms with E-state index in [1.165, 1.54) is 12.1 Å². The fourth-order valence-electron chi connectivity index (χ4n) is 3.29. The number of hydrogen-bond acceptors (Lipinski definition) is 6. The highest BCUT2D eigenvalue weighted by molar-refractivity contribution is 7.92. The van der Waals surface area contributed by atoms with Gasteiger partial charge in [0.15, 0.2) is 0 Å². The molecule has 0 aliphatic rings. The number of carboxylic acid groups (broad SMARTS) is 1.